The highest BCUT2D eigenvalue weighted by Gasteiger charge is 2.04. The van der Waals surface area contributed by atoms with E-state index in [-0.39, 0.29) is 0 Å². The lowest BCUT2D eigenvalue weighted by Gasteiger charge is -2.18. The smallest absolute Gasteiger partial charge is 0.134 e. The zero-order valence-electron chi connectivity index (χ0n) is 9.47. The predicted octanol–water partition coefficient (Wildman–Crippen LogP) is 2.46. The van der Waals surface area contributed by atoms with Crippen LogP contribution in [0.1, 0.15) is 5.56 Å². The summed E-state index contributed by atoms with van der Waals surface area (Å²) in [6.07, 6.45) is 1.47. The van der Waals surface area contributed by atoms with Crippen LogP contribution in [0.3, 0.4) is 0 Å². The third-order valence-corrected chi connectivity index (χ3v) is 2.93. The van der Waals surface area contributed by atoms with E-state index in [0.29, 0.717) is 5.82 Å². The molecule has 0 bridgehead atoms. The van der Waals surface area contributed by atoms with E-state index in [0.717, 1.165) is 16.8 Å². The van der Waals surface area contributed by atoms with Crippen LogP contribution < -0.4 is 10.6 Å². The lowest BCUT2D eigenvalue weighted by molar-refractivity contribution is 0.892. The lowest BCUT2D eigenvalue weighted by Crippen LogP contribution is -2.18. The van der Waals surface area contributed by atoms with Gasteiger partial charge in [0.05, 0.1) is 0 Å². The molecule has 0 unspecified atom stereocenters. The van der Waals surface area contributed by atoms with Gasteiger partial charge in [0.1, 0.15) is 18.0 Å². The predicted molar refractivity (Wildman–Crippen MR) is 72.7 cm³/mol. The second-order valence-corrected chi connectivity index (χ2v) is 4.70. The van der Waals surface area contributed by atoms with Gasteiger partial charge in [0.25, 0.3) is 0 Å². The van der Waals surface area contributed by atoms with Gasteiger partial charge in [-0.2, -0.15) is 0 Å². The molecule has 0 saturated heterocycles. The molecule has 2 aromatic rings. The van der Waals surface area contributed by atoms with Gasteiger partial charge in [-0.25, -0.2) is 9.97 Å². The Kier molecular flexibility index (Phi) is 3.58. The van der Waals surface area contributed by atoms with Crippen LogP contribution >= 0.6 is 15.9 Å². The zero-order valence-corrected chi connectivity index (χ0v) is 11.1. The number of aromatic nitrogens is 2. The summed E-state index contributed by atoms with van der Waals surface area (Å²) in [4.78, 5) is 10.1. The van der Waals surface area contributed by atoms with Gasteiger partial charge in [0, 0.05) is 24.1 Å². The number of anilines is 2. The molecule has 0 aliphatic rings. The molecular formula is C12H13BrN4. The molecule has 17 heavy (non-hydrogen) atoms. The molecule has 0 amide bonds. The Morgan fingerprint density at radius 3 is 2.59 bits per heavy atom. The maximum Gasteiger partial charge on any atom is 0.134 e. The topological polar surface area (TPSA) is 55.0 Å². The molecule has 0 spiro atoms. The fourth-order valence-electron chi connectivity index (χ4n) is 1.51. The molecular weight excluding hydrogens is 280 g/mol. The third-order valence-electron chi connectivity index (χ3n) is 2.40. The minimum atomic E-state index is 0.484. The summed E-state index contributed by atoms with van der Waals surface area (Å²) in [6.45, 7) is 0.781. The first-order chi connectivity index (χ1) is 8.15. The fraction of sp³-hybridized carbons (Fsp3) is 0.167. The molecule has 0 atom stereocenters. The van der Waals surface area contributed by atoms with E-state index in [4.69, 9.17) is 5.73 Å². The van der Waals surface area contributed by atoms with Crippen molar-refractivity contribution >= 4 is 27.6 Å². The second-order valence-electron chi connectivity index (χ2n) is 3.78. The van der Waals surface area contributed by atoms with Crippen LogP contribution in [0.2, 0.25) is 0 Å². The normalized spacial score (nSPS) is 10.2. The minimum absolute atomic E-state index is 0.484. The molecule has 2 rings (SSSR count). The number of hydrogen-bond acceptors (Lipinski definition) is 4. The molecule has 0 aliphatic heterocycles. The molecule has 0 saturated carbocycles. The molecule has 0 fully saturated rings. The summed E-state index contributed by atoms with van der Waals surface area (Å²) in [5.74, 6) is 1.30. The molecule has 1 aromatic carbocycles. The molecule has 2 N–H and O–H groups in total. The van der Waals surface area contributed by atoms with Crippen molar-refractivity contribution in [1.82, 2.24) is 9.97 Å². The molecule has 0 radical (unpaired) electrons. The molecule has 1 aromatic heterocycles. The van der Waals surface area contributed by atoms with Gasteiger partial charge in [0.2, 0.25) is 0 Å². The summed E-state index contributed by atoms with van der Waals surface area (Å²) in [6, 6.07) is 9.96. The van der Waals surface area contributed by atoms with Crippen molar-refractivity contribution in [1.29, 1.82) is 0 Å². The van der Waals surface area contributed by atoms with Crippen LogP contribution in [-0.2, 0) is 6.54 Å². The number of halogens is 1. The lowest BCUT2D eigenvalue weighted by atomic mass is 10.2. The standard InChI is InChI=1S/C12H13BrN4/c1-17(12-6-11(14)15-8-16-12)7-9-2-4-10(13)5-3-9/h2-6,8H,7H2,1H3,(H2,14,15,16). The van der Waals surface area contributed by atoms with Crippen molar-refractivity contribution in [2.75, 3.05) is 17.7 Å². The van der Waals surface area contributed by atoms with Crippen LogP contribution in [0.25, 0.3) is 0 Å². The van der Waals surface area contributed by atoms with E-state index in [1.165, 1.54) is 11.9 Å². The molecule has 4 nitrogen and oxygen atoms in total. The van der Waals surface area contributed by atoms with Crippen molar-refractivity contribution in [3.8, 4) is 0 Å². The molecule has 0 aliphatic carbocycles. The highest BCUT2D eigenvalue weighted by Crippen LogP contribution is 2.15. The van der Waals surface area contributed by atoms with Gasteiger partial charge in [-0.3, -0.25) is 0 Å². The average Bonchev–Trinajstić information content (AvgIpc) is 2.32. The van der Waals surface area contributed by atoms with E-state index in [1.54, 1.807) is 6.07 Å². The van der Waals surface area contributed by atoms with Crippen molar-refractivity contribution in [2.24, 2.45) is 0 Å². The summed E-state index contributed by atoms with van der Waals surface area (Å²) in [5, 5.41) is 0. The maximum absolute atomic E-state index is 5.63. The highest BCUT2D eigenvalue weighted by molar-refractivity contribution is 9.10. The number of nitrogens with zero attached hydrogens (tertiary/aromatic N) is 3. The van der Waals surface area contributed by atoms with E-state index in [9.17, 15) is 0 Å². The molecule has 88 valence electrons. The Hall–Kier alpha value is -1.62. The van der Waals surface area contributed by atoms with Gasteiger partial charge in [-0.1, -0.05) is 28.1 Å². The average molecular weight is 293 g/mol. The number of nitrogen functional groups attached to an aromatic ring is 1. The first kappa shape index (κ1) is 11.9. The highest BCUT2D eigenvalue weighted by atomic mass is 79.9. The van der Waals surface area contributed by atoms with Gasteiger partial charge >= 0.3 is 0 Å². The maximum atomic E-state index is 5.63. The van der Waals surface area contributed by atoms with E-state index in [2.05, 4.69) is 38.0 Å². The zero-order chi connectivity index (χ0) is 12.3. The van der Waals surface area contributed by atoms with E-state index in [1.807, 2.05) is 24.1 Å². The summed E-state index contributed by atoms with van der Waals surface area (Å²) in [5.41, 5.74) is 6.84. The number of benzene rings is 1. The van der Waals surface area contributed by atoms with Crippen LogP contribution in [0.4, 0.5) is 11.6 Å². The molecule has 1 heterocycles. The first-order valence-electron chi connectivity index (χ1n) is 5.18. The van der Waals surface area contributed by atoms with Crippen molar-refractivity contribution in [3.63, 3.8) is 0 Å². The van der Waals surface area contributed by atoms with Gasteiger partial charge in [-0.05, 0) is 17.7 Å². The van der Waals surface area contributed by atoms with Gasteiger partial charge in [-0.15, -0.1) is 0 Å². The van der Waals surface area contributed by atoms with Crippen LogP contribution in [0.15, 0.2) is 41.1 Å². The van der Waals surface area contributed by atoms with Crippen molar-refractivity contribution in [3.05, 3.63) is 46.7 Å². The Bertz CT molecular complexity index is 498. The second kappa shape index (κ2) is 5.14. The molecule has 5 heteroatoms. The Morgan fingerprint density at radius 2 is 1.94 bits per heavy atom. The van der Waals surface area contributed by atoms with Crippen molar-refractivity contribution < 1.29 is 0 Å². The minimum Gasteiger partial charge on any atom is -0.384 e. The number of hydrogen-bond donors (Lipinski definition) is 1. The van der Waals surface area contributed by atoms with Crippen molar-refractivity contribution in [2.45, 2.75) is 6.54 Å². The van der Waals surface area contributed by atoms with Crippen LogP contribution in [0, 0.1) is 0 Å². The van der Waals surface area contributed by atoms with E-state index < -0.39 is 0 Å². The summed E-state index contributed by atoms with van der Waals surface area (Å²) < 4.78 is 1.08. The third kappa shape index (κ3) is 3.17. The summed E-state index contributed by atoms with van der Waals surface area (Å²) >= 11 is 3.42. The SMILES string of the molecule is CN(Cc1ccc(Br)cc1)c1cc(N)ncn1. The van der Waals surface area contributed by atoms with Crippen LogP contribution in [-0.4, -0.2) is 17.0 Å². The summed E-state index contributed by atoms with van der Waals surface area (Å²) in [7, 11) is 1.98. The Balaban J connectivity index is 2.11. The monoisotopic (exact) mass is 292 g/mol. The number of nitrogens with two attached hydrogens (primary N) is 1. The Morgan fingerprint density at radius 1 is 1.24 bits per heavy atom. The first-order valence-corrected chi connectivity index (χ1v) is 5.97. The largest absolute Gasteiger partial charge is 0.384 e. The van der Waals surface area contributed by atoms with E-state index >= 15 is 0 Å². The van der Waals surface area contributed by atoms with Gasteiger partial charge in [0.15, 0.2) is 0 Å². The Labute approximate surface area is 109 Å². The number of rotatable bonds is 3. The quantitative estimate of drug-likeness (QED) is 0.944. The van der Waals surface area contributed by atoms with Gasteiger partial charge < -0.3 is 10.6 Å². The van der Waals surface area contributed by atoms with Crippen LogP contribution in [0.5, 0.6) is 0 Å². The fourth-order valence-corrected chi connectivity index (χ4v) is 1.78.